The van der Waals surface area contributed by atoms with Gasteiger partial charge < -0.3 is 5.11 Å². The first-order chi connectivity index (χ1) is 8.58. The summed E-state index contributed by atoms with van der Waals surface area (Å²) in [6.07, 6.45) is 2.81. The lowest BCUT2D eigenvalue weighted by Crippen LogP contribution is -2.31. The van der Waals surface area contributed by atoms with E-state index >= 15 is 0 Å². The molecule has 18 heavy (non-hydrogen) atoms. The Balaban J connectivity index is 2.06. The van der Waals surface area contributed by atoms with Crippen LogP contribution in [0.1, 0.15) is 31.7 Å². The Kier molecular flexibility index (Phi) is 4.76. The number of hydrogen-bond donors (Lipinski definition) is 1. The molecule has 2 atom stereocenters. The van der Waals surface area contributed by atoms with E-state index in [4.69, 9.17) is 0 Å². The Morgan fingerprint density at radius 3 is 3.06 bits per heavy atom. The third-order valence-corrected chi connectivity index (χ3v) is 4.41. The van der Waals surface area contributed by atoms with E-state index in [1.54, 1.807) is 6.07 Å². The van der Waals surface area contributed by atoms with Gasteiger partial charge in [-0.2, -0.15) is 0 Å². The summed E-state index contributed by atoms with van der Waals surface area (Å²) in [7, 11) is 0. The third kappa shape index (κ3) is 3.31. The van der Waals surface area contributed by atoms with E-state index in [1.807, 2.05) is 13.0 Å². The SMILES string of the molecule is CC(O)CC1CCCN1Cc1cccc(F)c1Br. The third-order valence-electron chi connectivity index (χ3n) is 3.52. The van der Waals surface area contributed by atoms with Crippen molar-refractivity contribution in [3.63, 3.8) is 0 Å². The van der Waals surface area contributed by atoms with Crippen LogP contribution in [0.5, 0.6) is 0 Å². The topological polar surface area (TPSA) is 23.5 Å². The second kappa shape index (κ2) is 6.13. The predicted octanol–water partition coefficient (Wildman–Crippen LogP) is 3.32. The summed E-state index contributed by atoms with van der Waals surface area (Å²) in [5.41, 5.74) is 0.979. The quantitative estimate of drug-likeness (QED) is 0.921. The molecule has 1 aromatic carbocycles. The van der Waals surface area contributed by atoms with Gasteiger partial charge in [-0.05, 0) is 60.3 Å². The molecule has 1 heterocycles. The number of likely N-dealkylation sites (tertiary alicyclic amines) is 1. The van der Waals surface area contributed by atoms with Gasteiger partial charge in [0.15, 0.2) is 0 Å². The molecule has 2 unspecified atom stereocenters. The standard InChI is InChI=1S/C14H19BrFNO/c1-10(18)8-12-5-3-7-17(12)9-11-4-2-6-13(16)14(11)15/h2,4,6,10,12,18H,3,5,7-9H2,1H3. The van der Waals surface area contributed by atoms with Crippen molar-refractivity contribution < 1.29 is 9.50 Å². The van der Waals surface area contributed by atoms with Gasteiger partial charge in [-0.3, -0.25) is 4.90 Å². The van der Waals surface area contributed by atoms with Crippen LogP contribution in [0.25, 0.3) is 0 Å². The molecule has 4 heteroatoms. The largest absolute Gasteiger partial charge is 0.393 e. The van der Waals surface area contributed by atoms with Crippen LogP contribution in [-0.2, 0) is 6.54 Å². The normalized spacial score (nSPS) is 22.3. The van der Waals surface area contributed by atoms with Crippen molar-refractivity contribution in [2.24, 2.45) is 0 Å². The predicted molar refractivity (Wildman–Crippen MR) is 73.8 cm³/mol. The molecular weight excluding hydrogens is 297 g/mol. The summed E-state index contributed by atoms with van der Waals surface area (Å²) in [6.45, 7) is 3.60. The number of aliphatic hydroxyl groups is 1. The zero-order chi connectivity index (χ0) is 13.1. The second-order valence-corrected chi connectivity index (χ2v) is 5.86. The Morgan fingerprint density at radius 2 is 2.33 bits per heavy atom. The summed E-state index contributed by atoms with van der Waals surface area (Å²) >= 11 is 3.31. The number of aliphatic hydroxyl groups excluding tert-OH is 1. The molecule has 1 N–H and O–H groups in total. The lowest BCUT2D eigenvalue weighted by atomic mass is 10.1. The van der Waals surface area contributed by atoms with Gasteiger partial charge in [-0.15, -0.1) is 0 Å². The molecule has 100 valence electrons. The maximum atomic E-state index is 13.5. The van der Waals surface area contributed by atoms with Crippen LogP contribution < -0.4 is 0 Å². The van der Waals surface area contributed by atoms with Crippen molar-refractivity contribution in [3.05, 3.63) is 34.1 Å². The highest BCUT2D eigenvalue weighted by molar-refractivity contribution is 9.10. The first kappa shape index (κ1) is 14.0. The van der Waals surface area contributed by atoms with Gasteiger partial charge >= 0.3 is 0 Å². The van der Waals surface area contributed by atoms with E-state index in [0.717, 1.165) is 37.9 Å². The van der Waals surface area contributed by atoms with Crippen LogP contribution in [0.3, 0.4) is 0 Å². The number of hydrogen-bond acceptors (Lipinski definition) is 2. The Hall–Kier alpha value is -0.450. The minimum Gasteiger partial charge on any atom is -0.393 e. The number of nitrogens with zero attached hydrogens (tertiary/aromatic N) is 1. The van der Waals surface area contributed by atoms with Gasteiger partial charge in [0.2, 0.25) is 0 Å². The monoisotopic (exact) mass is 315 g/mol. The van der Waals surface area contributed by atoms with E-state index in [1.165, 1.54) is 6.07 Å². The van der Waals surface area contributed by atoms with Crippen molar-refractivity contribution in [3.8, 4) is 0 Å². The number of benzene rings is 1. The fourth-order valence-corrected chi connectivity index (χ4v) is 3.04. The average molecular weight is 316 g/mol. The zero-order valence-electron chi connectivity index (χ0n) is 10.6. The van der Waals surface area contributed by atoms with Crippen LogP contribution in [0.4, 0.5) is 4.39 Å². The molecule has 0 aliphatic carbocycles. The summed E-state index contributed by atoms with van der Waals surface area (Å²) in [4.78, 5) is 2.34. The van der Waals surface area contributed by atoms with Crippen molar-refractivity contribution in [2.75, 3.05) is 6.54 Å². The molecule has 1 aliphatic heterocycles. The van der Waals surface area contributed by atoms with Crippen LogP contribution in [0.2, 0.25) is 0 Å². The molecule has 0 aromatic heterocycles. The molecule has 1 aliphatic rings. The summed E-state index contributed by atoms with van der Waals surface area (Å²) in [5, 5.41) is 9.50. The molecule has 1 fully saturated rings. The van der Waals surface area contributed by atoms with Gasteiger partial charge in [-0.25, -0.2) is 4.39 Å². The molecule has 0 saturated carbocycles. The lowest BCUT2D eigenvalue weighted by Gasteiger charge is -2.26. The minimum absolute atomic E-state index is 0.209. The number of halogens is 2. The highest BCUT2D eigenvalue weighted by Crippen LogP contribution is 2.27. The average Bonchev–Trinajstić information content (AvgIpc) is 2.72. The van der Waals surface area contributed by atoms with Crippen LogP contribution in [0, 0.1) is 5.82 Å². The lowest BCUT2D eigenvalue weighted by molar-refractivity contribution is 0.130. The molecule has 0 amide bonds. The van der Waals surface area contributed by atoms with Crippen LogP contribution in [0.15, 0.2) is 22.7 Å². The molecule has 0 radical (unpaired) electrons. The van der Waals surface area contributed by atoms with Gasteiger partial charge in [0, 0.05) is 12.6 Å². The van der Waals surface area contributed by atoms with Gasteiger partial charge in [0.1, 0.15) is 5.82 Å². The molecule has 1 aromatic rings. The van der Waals surface area contributed by atoms with Crippen molar-refractivity contribution in [1.29, 1.82) is 0 Å². The first-order valence-corrected chi connectivity index (χ1v) is 7.22. The molecule has 2 rings (SSSR count). The Morgan fingerprint density at radius 1 is 1.56 bits per heavy atom. The molecule has 0 spiro atoms. The van der Waals surface area contributed by atoms with Gasteiger partial charge in [0.05, 0.1) is 10.6 Å². The minimum atomic E-state index is -0.272. The molecule has 1 saturated heterocycles. The Labute approximate surface area is 116 Å². The highest BCUT2D eigenvalue weighted by atomic mass is 79.9. The maximum Gasteiger partial charge on any atom is 0.137 e. The van der Waals surface area contributed by atoms with E-state index in [0.29, 0.717) is 10.5 Å². The van der Waals surface area contributed by atoms with Gasteiger partial charge in [-0.1, -0.05) is 12.1 Å². The summed E-state index contributed by atoms with van der Waals surface area (Å²) < 4.78 is 14.0. The first-order valence-electron chi connectivity index (χ1n) is 6.43. The van der Waals surface area contributed by atoms with E-state index < -0.39 is 0 Å². The maximum absolute atomic E-state index is 13.5. The van der Waals surface area contributed by atoms with Crippen LogP contribution in [-0.4, -0.2) is 28.7 Å². The summed E-state index contributed by atoms with van der Waals surface area (Å²) in [5.74, 6) is -0.209. The van der Waals surface area contributed by atoms with Crippen molar-refractivity contribution in [1.82, 2.24) is 4.90 Å². The fraction of sp³-hybridized carbons (Fsp3) is 0.571. The smallest absolute Gasteiger partial charge is 0.137 e. The fourth-order valence-electron chi connectivity index (χ4n) is 2.65. The molecular formula is C14H19BrFNO. The van der Waals surface area contributed by atoms with E-state index in [9.17, 15) is 9.50 Å². The van der Waals surface area contributed by atoms with Gasteiger partial charge in [0.25, 0.3) is 0 Å². The second-order valence-electron chi connectivity index (χ2n) is 5.06. The zero-order valence-corrected chi connectivity index (χ0v) is 12.2. The highest BCUT2D eigenvalue weighted by Gasteiger charge is 2.26. The molecule has 2 nitrogen and oxygen atoms in total. The van der Waals surface area contributed by atoms with E-state index in [2.05, 4.69) is 20.8 Å². The van der Waals surface area contributed by atoms with Crippen molar-refractivity contribution >= 4 is 15.9 Å². The van der Waals surface area contributed by atoms with E-state index in [-0.39, 0.29) is 11.9 Å². The Bertz CT molecular complexity index is 411. The van der Waals surface area contributed by atoms with Crippen molar-refractivity contribution in [2.45, 2.75) is 44.9 Å². The molecule has 0 bridgehead atoms. The van der Waals surface area contributed by atoms with Crippen LogP contribution >= 0.6 is 15.9 Å². The number of rotatable bonds is 4. The summed E-state index contributed by atoms with van der Waals surface area (Å²) in [6, 6.07) is 5.57.